The second-order valence-electron chi connectivity index (χ2n) is 8.92. The Morgan fingerprint density at radius 1 is 1.20 bits per heavy atom. The van der Waals surface area contributed by atoms with Gasteiger partial charge in [0, 0.05) is 24.8 Å². The van der Waals surface area contributed by atoms with Crippen molar-refractivity contribution in [3.63, 3.8) is 0 Å². The van der Waals surface area contributed by atoms with Crippen molar-refractivity contribution in [1.82, 2.24) is 9.88 Å². The van der Waals surface area contributed by atoms with E-state index in [0.29, 0.717) is 30.8 Å². The van der Waals surface area contributed by atoms with E-state index in [1.807, 2.05) is 20.8 Å². The summed E-state index contributed by atoms with van der Waals surface area (Å²) in [6.07, 6.45) is 11.1. The van der Waals surface area contributed by atoms with Crippen LogP contribution in [-0.2, 0) is 20.7 Å². The number of allylic oxidation sites excluding steroid dienone is 1. The molecule has 1 aromatic rings. The smallest absolute Gasteiger partial charge is 0.357 e. The van der Waals surface area contributed by atoms with E-state index in [1.165, 1.54) is 50.6 Å². The second kappa shape index (κ2) is 20.3. The van der Waals surface area contributed by atoms with E-state index >= 15 is 0 Å². The van der Waals surface area contributed by atoms with Crippen LogP contribution < -0.4 is 5.73 Å². The molecule has 1 aliphatic carbocycles. The minimum absolute atomic E-state index is 0.0930. The van der Waals surface area contributed by atoms with Gasteiger partial charge in [-0.05, 0) is 18.8 Å². The van der Waals surface area contributed by atoms with Gasteiger partial charge in [-0.2, -0.15) is 0 Å². The van der Waals surface area contributed by atoms with Crippen molar-refractivity contribution in [2.24, 2.45) is 11.7 Å². The molecule has 1 aliphatic rings. The Morgan fingerprint density at radius 3 is 2.29 bits per heavy atom. The molecule has 2 rings (SSSR count). The average molecular weight is 512 g/mol. The summed E-state index contributed by atoms with van der Waals surface area (Å²) in [6.45, 7) is 14.8. The molecule has 2 unspecified atom stereocenters. The molecule has 7 nitrogen and oxygen atoms in total. The number of aryl methyl sites for hydroxylation is 1. The zero-order chi connectivity index (χ0) is 26.6. The standard InChI is InChI=1S/C20H33N3O4S.C4H8.C3H8/c1-6-9-15(4)27-13-23(19(24)18(21)14(3)7-2)11-8-10-17-22-16(12-28-17)20(25)26-5;1-2-4-3-1;1-3-2/h12,14,18H,4,6-11,13,21H2,1-3,5H3;1-4H2;3H2,1-2H3. The van der Waals surface area contributed by atoms with Crippen LogP contribution in [0.25, 0.3) is 0 Å². The van der Waals surface area contributed by atoms with E-state index in [4.69, 9.17) is 10.5 Å². The summed E-state index contributed by atoms with van der Waals surface area (Å²) in [4.78, 5) is 30.2. The van der Waals surface area contributed by atoms with Gasteiger partial charge in [0.25, 0.3) is 0 Å². The van der Waals surface area contributed by atoms with Crippen LogP contribution in [0.2, 0.25) is 0 Å². The highest BCUT2D eigenvalue weighted by atomic mass is 32.1. The number of carbonyl (C=O) groups is 2. The van der Waals surface area contributed by atoms with Gasteiger partial charge in [-0.3, -0.25) is 4.79 Å². The summed E-state index contributed by atoms with van der Waals surface area (Å²) >= 11 is 1.41. The van der Waals surface area contributed by atoms with Gasteiger partial charge >= 0.3 is 5.97 Å². The van der Waals surface area contributed by atoms with E-state index in [-0.39, 0.29) is 18.6 Å². The van der Waals surface area contributed by atoms with Gasteiger partial charge in [0.05, 0.1) is 23.9 Å². The van der Waals surface area contributed by atoms with Gasteiger partial charge in [0.2, 0.25) is 5.91 Å². The first-order valence-corrected chi connectivity index (χ1v) is 14.0. The molecular weight excluding hydrogens is 462 g/mol. The molecule has 1 saturated carbocycles. The highest BCUT2D eigenvalue weighted by Gasteiger charge is 2.25. The fourth-order valence-corrected chi connectivity index (χ4v) is 3.57. The van der Waals surface area contributed by atoms with Crippen LogP contribution in [0.3, 0.4) is 0 Å². The normalized spacial score (nSPS) is 13.6. The van der Waals surface area contributed by atoms with Gasteiger partial charge in [-0.15, -0.1) is 11.3 Å². The first kappa shape index (κ1) is 33.1. The van der Waals surface area contributed by atoms with Gasteiger partial charge in [0.15, 0.2) is 12.4 Å². The van der Waals surface area contributed by atoms with Crippen LogP contribution >= 0.6 is 11.3 Å². The minimum Gasteiger partial charge on any atom is -0.478 e. The maximum atomic E-state index is 12.8. The third-order valence-electron chi connectivity index (χ3n) is 5.57. The van der Waals surface area contributed by atoms with Crippen LogP contribution in [0.4, 0.5) is 0 Å². The van der Waals surface area contributed by atoms with Gasteiger partial charge in [-0.1, -0.05) is 79.7 Å². The number of thiazole rings is 1. The first-order chi connectivity index (χ1) is 16.7. The number of amides is 1. The lowest BCUT2D eigenvalue weighted by Gasteiger charge is -2.28. The van der Waals surface area contributed by atoms with Gasteiger partial charge in [-0.25, -0.2) is 9.78 Å². The highest BCUT2D eigenvalue weighted by molar-refractivity contribution is 7.09. The fraction of sp³-hybridized carbons (Fsp3) is 0.741. The third-order valence-corrected chi connectivity index (χ3v) is 6.48. The van der Waals surface area contributed by atoms with Crippen LogP contribution in [0.1, 0.15) is 108 Å². The Bertz CT molecular complexity index is 715. The quantitative estimate of drug-likeness (QED) is 0.189. The zero-order valence-corrected chi connectivity index (χ0v) is 23.8. The van der Waals surface area contributed by atoms with Crippen molar-refractivity contribution in [2.45, 2.75) is 105 Å². The Balaban J connectivity index is 0.00000143. The van der Waals surface area contributed by atoms with E-state index < -0.39 is 12.0 Å². The number of hydrogen-bond acceptors (Lipinski definition) is 7. The Morgan fingerprint density at radius 2 is 1.80 bits per heavy atom. The Labute approximate surface area is 217 Å². The van der Waals surface area contributed by atoms with Gasteiger partial charge < -0.3 is 20.1 Å². The molecule has 0 saturated heterocycles. The lowest BCUT2D eigenvalue weighted by molar-refractivity contribution is -0.138. The van der Waals surface area contributed by atoms with Crippen molar-refractivity contribution in [1.29, 1.82) is 0 Å². The molecule has 1 heterocycles. The molecule has 1 amide bonds. The average Bonchev–Trinajstić information content (AvgIpc) is 3.27. The third kappa shape index (κ3) is 14.3. The molecule has 0 bridgehead atoms. The fourth-order valence-electron chi connectivity index (χ4n) is 2.76. The lowest BCUT2D eigenvalue weighted by atomic mass is 9.99. The number of rotatable bonds is 13. The topological polar surface area (TPSA) is 94.7 Å². The monoisotopic (exact) mass is 511 g/mol. The molecule has 0 radical (unpaired) electrons. The molecule has 0 aromatic carbocycles. The predicted octanol–water partition coefficient (Wildman–Crippen LogP) is 6.33. The molecule has 1 aromatic heterocycles. The van der Waals surface area contributed by atoms with Crippen LogP contribution in [-0.4, -0.2) is 48.2 Å². The van der Waals surface area contributed by atoms with Crippen molar-refractivity contribution >= 4 is 23.2 Å². The molecule has 202 valence electrons. The number of ether oxygens (including phenoxy) is 2. The first-order valence-electron chi connectivity index (χ1n) is 13.1. The van der Waals surface area contributed by atoms with E-state index in [0.717, 1.165) is 24.3 Å². The highest BCUT2D eigenvalue weighted by Crippen LogP contribution is 2.16. The molecule has 1 fully saturated rings. The second-order valence-corrected chi connectivity index (χ2v) is 9.86. The SMILES string of the molecule is C1CCC1.C=C(CCC)OCN(CCCc1nc(C(=O)OC)cs1)C(=O)C(N)C(C)CC.CCC. The van der Waals surface area contributed by atoms with Crippen molar-refractivity contribution < 1.29 is 19.1 Å². The van der Waals surface area contributed by atoms with Crippen LogP contribution in [0.5, 0.6) is 0 Å². The molecular formula is C27H49N3O4S. The lowest BCUT2D eigenvalue weighted by Crippen LogP contribution is -2.48. The zero-order valence-electron chi connectivity index (χ0n) is 22.9. The van der Waals surface area contributed by atoms with Crippen LogP contribution in [0.15, 0.2) is 17.7 Å². The van der Waals surface area contributed by atoms with Gasteiger partial charge in [0.1, 0.15) is 0 Å². The van der Waals surface area contributed by atoms with Crippen molar-refractivity contribution in [3.05, 3.63) is 28.4 Å². The van der Waals surface area contributed by atoms with Crippen molar-refractivity contribution in [2.75, 3.05) is 20.4 Å². The molecule has 35 heavy (non-hydrogen) atoms. The Kier molecular flexibility index (Phi) is 19.2. The number of methoxy groups -OCH3 is 1. The van der Waals surface area contributed by atoms with E-state index in [2.05, 4.69) is 30.1 Å². The summed E-state index contributed by atoms with van der Waals surface area (Å²) in [5.74, 6) is 0.199. The largest absolute Gasteiger partial charge is 0.478 e. The Hall–Kier alpha value is -1.93. The number of aromatic nitrogens is 1. The number of carbonyl (C=O) groups excluding carboxylic acids is 2. The summed E-state index contributed by atoms with van der Waals surface area (Å²) in [7, 11) is 1.33. The molecule has 2 atom stereocenters. The summed E-state index contributed by atoms with van der Waals surface area (Å²) in [6, 6.07) is -0.557. The molecule has 2 N–H and O–H groups in total. The summed E-state index contributed by atoms with van der Waals surface area (Å²) in [5.41, 5.74) is 6.45. The number of esters is 1. The molecule has 8 heteroatoms. The predicted molar refractivity (Wildman–Crippen MR) is 145 cm³/mol. The van der Waals surface area contributed by atoms with E-state index in [9.17, 15) is 9.59 Å². The maximum absolute atomic E-state index is 12.8. The maximum Gasteiger partial charge on any atom is 0.357 e. The minimum atomic E-state index is -0.557. The molecule has 0 spiro atoms. The van der Waals surface area contributed by atoms with E-state index in [1.54, 1.807) is 10.3 Å². The number of nitrogens with two attached hydrogens (primary N) is 1. The number of nitrogens with zero attached hydrogens (tertiary/aromatic N) is 2. The number of hydrogen-bond donors (Lipinski definition) is 1. The summed E-state index contributed by atoms with van der Waals surface area (Å²) in [5, 5.41) is 2.51. The van der Waals surface area contributed by atoms with Crippen molar-refractivity contribution in [3.8, 4) is 0 Å². The molecule has 0 aliphatic heterocycles. The summed E-state index contributed by atoms with van der Waals surface area (Å²) < 4.78 is 10.3. The van der Waals surface area contributed by atoms with Crippen LogP contribution in [0, 0.1) is 5.92 Å².